The second kappa shape index (κ2) is 8.03. The van der Waals surface area contributed by atoms with E-state index < -0.39 is 20.8 Å². The molecule has 0 heterocycles. The molecular formula is C14H24N2O3S2. The number of sulfonamides is 1. The van der Waals surface area contributed by atoms with Crippen molar-refractivity contribution in [1.29, 1.82) is 0 Å². The van der Waals surface area contributed by atoms with Gasteiger partial charge < -0.3 is 5.73 Å². The molecule has 0 radical (unpaired) electrons. The first-order chi connectivity index (χ1) is 9.77. The Balaban J connectivity index is 2.77. The molecular weight excluding hydrogens is 308 g/mol. The lowest BCUT2D eigenvalue weighted by atomic mass is 10.1. The molecule has 0 bridgehead atoms. The third-order valence-electron chi connectivity index (χ3n) is 3.45. The van der Waals surface area contributed by atoms with Crippen molar-refractivity contribution in [1.82, 2.24) is 4.72 Å². The molecule has 5 nitrogen and oxygen atoms in total. The van der Waals surface area contributed by atoms with Gasteiger partial charge in [0.05, 0.1) is 4.90 Å². The van der Waals surface area contributed by atoms with Crippen LogP contribution in [0.25, 0.3) is 0 Å². The lowest BCUT2D eigenvalue weighted by Gasteiger charge is -2.13. The van der Waals surface area contributed by atoms with Gasteiger partial charge >= 0.3 is 0 Å². The fourth-order valence-corrected chi connectivity index (χ4v) is 3.35. The Bertz CT molecular complexity index is 588. The number of nitrogens with one attached hydrogen (secondary N) is 1. The zero-order chi connectivity index (χ0) is 16.0. The van der Waals surface area contributed by atoms with Crippen LogP contribution in [0.3, 0.4) is 0 Å². The van der Waals surface area contributed by atoms with Crippen LogP contribution in [-0.2, 0) is 20.8 Å². The third-order valence-corrected chi connectivity index (χ3v) is 6.27. The van der Waals surface area contributed by atoms with E-state index in [-0.39, 0.29) is 22.7 Å². The number of hydrogen-bond acceptors (Lipinski definition) is 4. The van der Waals surface area contributed by atoms with Crippen LogP contribution in [0.1, 0.15) is 38.3 Å². The topological polar surface area (TPSA) is 89.3 Å². The van der Waals surface area contributed by atoms with Gasteiger partial charge in [0, 0.05) is 34.9 Å². The molecule has 1 aromatic rings. The lowest BCUT2D eigenvalue weighted by molar-refractivity contribution is 0.577. The van der Waals surface area contributed by atoms with Gasteiger partial charge in [0.1, 0.15) is 0 Å². The van der Waals surface area contributed by atoms with Crippen molar-refractivity contribution in [3.63, 3.8) is 0 Å². The normalized spacial score (nSPS) is 16.4. The molecule has 0 aromatic heterocycles. The van der Waals surface area contributed by atoms with Crippen molar-refractivity contribution in [2.75, 3.05) is 12.8 Å². The Hall–Kier alpha value is -0.760. The van der Waals surface area contributed by atoms with Gasteiger partial charge in [-0.15, -0.1) is 0 Å². The summed E-state index contributed by atoms with van der Waals surface area (Å²) in [6.45, 7) is 4.06. The van der Waals surface area contributed by atoms with Gasteiger partial charge in [0.25, 0.3) is 0 Å². The minimum Gasteiger partial charge on any atom is -0.324 e. The molecule has 0 amide bonds. The maximum atomic E-state index is 12.2. The van der Waals surface area contributed by atoms with Gasteiger partial charge in [-0.1, -0.05) is 26.0 Å². The number of rotatable bonds is 8. The second-order valence-corrected chi connectivity index (χ2v) is 8.65. The maximum absolute atomic E-state index is 12.2. The molecule has 0 spiro atoms. The summed E-state index contributed by atoms with van der Waals surface area (Å²) >= 11 is 0. The highest BCUT2D eigenvalue weighted by Gasteiger charge is 2.16. The largest absolute Gasteiger partial charge is 0.324 e. The average Bonchev–Trinajstić information content (AvgIpc) is 2.46. The summed E-state index contributed by atoms with van der Waals surface area (Å²) in [6.07, 6.45) is 2.90. The van der Waals surface area contributed by atoms with E-state index in [0.717, 1.165) is 12.0 Å². The summed E-state index contributed by atoms with van der Waals surface area (Å²) in [5, 5.41) is -0.0347. The molecule has 0 saturated heterocycles. The molecule has 0 aliphatic heterocycles. The zero-order valence-corrected chi connectivity index (χ0v) is 14.3. The monoisotopic (exact) mass is 332 g/mol. The molecule has 1 rings (SSSR count). The molecule has 7 heteroatoms. The molecule has 0 fully saturated rings. The van der Waals surface area contributed by atoms with Crippen molar-refractivity contribution in [2.45, 2.75) is 42.9 Å². The van der Waals surface area contributed by atoms with Crippen LogP contribution in [0.2, 0.25) is 0 Å². The van der Waals surface area contributed by atoms with E-state index in [9.17, 15) is 12.6 Å². The Kier molecular flexibility index (Phi) is 6.99. The maximum Gasteiger partial charge on any atom is 0.240 e. The Morgan fingerprint density at radius 2 is 2.05 bits per heavy atom. The predicted octanol–water partition coefficient (Wildman–Crippen LogP) is 1.53. The van der Waals surface area contributed by atoms with Crippen LogP contribution < -0.4 is 10.5 Å². The third kappa shape index (κ3) is 5.50. The molecule has 1 aromatic carbocycles. The highest BCUT2D eigenvalue weighted by atomic mass is 32.2. The van der Waals surface area contributed by atoms with E-state index in [0.29, 0.717) is 6.42 Å². The first-order valence-electron chi connectivity index (χ1n) is 6.95. The fraction of sp³-hybridized carbons (Fsp3) is 0.571. The van der Waals surface area contributed by atoms with E-state index in [1.54, 1.807) is 24.5 Å². The summed E-state index contributed by atoms with van der Waals surface area (Å²) in [4.78, 5) is 0.217. The molecule has 3 N–H and O–H groups in total. The summed E-state index contributed by atoms with van der Waals surface area (Å²) in [5.41, 5.74) is 6.74. The van der Waals surface area contributed by atoms with Crippen LogP contribution in [0.5, 0.6) is 0 Å². The van der Waals surface area contributed by atoms with E-state index in [2.05, 4.69) is 4.72 Å². The number of benzene rings is 1. The van der Waals surface area contributed by atoms with Crippen LogP contribution >= 0.6 is 0 Å². The van der Waals surface area contributed by atoms with Gasteiger partial charge in [-0.05, 0) is 30.5 Å². The van der Waals surface area contributed by atoms with Crippen molar-refractivity contribution in [3.05, 3.63) is 29.8 Å². The van der Waals surface area contributed by atoms with E-state index in [4.69, 9.17) is 5.73 Å². The SMILES string of the molecule is CCC(N)c1cccc(S(=O)(=O)NCCC(C)S(C)=O)c1. The Morgan fingerprint density at radius 3 is 2.62 bits per heavy atom. The minimum atomic E-state index is -3.55. The average molecular weight is 332 g/mol. The summed E-state index contributed by atoms with van der Waals surface area (Å²) in [7, 11) is -4.50. The molecule has 0 aliphatic rings. The van der Waals surface area contributed by atoms with Crippen LogP contribution in [-0.4, -0.2) is 30.7 Å². The predicted molar refractivity (Wildman–Crippen MR) is 87.0 cm³/mol. The summed E-state index contributed by atoms with van der Waals surface area (Å²) in [6, 6.07) is 6.52. The molecule has 0 aliphatic carbocycles. The van der Waals surface area contributed by atoms with Gasteiger partial charge in [0.2, 0.25) is 10.0 Å². The van der Waals surface area contributed by atoms with E-state index in [1.807, 2.05) is 19.9 Å². The van der Waals surface area contributed by atoms with E-state index in [1.165, 1.54) is 0 Å². The van der Waals surface area contributed by atoms with Crippen molar-refractivity contribution in [2.24, 2.45) is 5.73 Å². The van der Waals surface area contributed by atoms with Crippen LogP contribution in [0, 0.1) is 0 Å². The molecule has 3 unspecified atom stereocenters. The first-order valence-corrected chi connectivity index (χ1v) is 10.1. The van der Waals surface area contributed by atoms with Gasteiger partial charge in [-0.2, -0.15) is 0 Å². The lowest BCUT2D eigenvalue weighted by Crippen LogP contribution is -2.27. The fourth-order valence-electron chi connectivity index (χ4n) is 1.79. The molecule has 21 heavy (non-hydrogen) atoms. The summed E-state index contributed by atoms with van der Waals surface area (Å²) < 4.78 is 38.2. The summed E-state index contributed by atoms with van der Waals surface area (Å²) in [5.74, 6) is 0. The highest BCUT2D eigenvalue weighted by Crippen LogP contribution is 2.18. The molecule has 3 atom stereocenters. The van der Waals surface area contributed by atoms with Crippen molar-refractivity contribution < 1.29 is 12.6 Å². The first kappa shape index (κ1) is 18.3. The standard InChI is InChI=1S/C14H24N2O3S2/c1-4-14(15)12-6-5-7-13(10-12)21(18,19)16-9-8-11(2)20(3)17/h5-7,10-11,14,16H,4,8-9,15H2,1-3H3. The zero-order valence-electron chi connectivity index (χ0n) is 12.7. The van der Waals surface area contributed by atoms with Gasteiger partial charge in [-0.25, -0.2) is 13.1 Å². The molecule has 0 saturated carbocycles. The molecule has 120 valence electrons. The van der Waals surface area contributed by atoms with Crippen LogP contribution in [0.4, 0.5) is 0 Å². The van der Waals surface area contributed by atoms with Crippen molar-refractivity contribution in [3.8, 4) is 0 Å². The smallest absolute Gasteiger partial charge is 0.240 e. The quantitative estimate of drug-likeness (QED) is 0.755. The Morgan fingerprint density at radius 1 is 1.38 bits per heavy atom. The van der Waals surface area contributed by atoms with Crippen LogP contribution in [0.15, 0.2) is 29.2 Å². The van der Waals surface area contributed by atoms with Gasteiger partial charge in [0.15, 0.2) is 0 Å². The second-order valence-electron chi connectivity index (χ2n) is 5.08. The highest BCUT2D eigenvalue weighted by molar-refractivity contribution is 7.89. The Labute approximate surface area is 129 Å². The van der Waals surface area contributed by atoms with Crippen molar-refractivity contribution >= 4 is 20.8 Å². The van der Waals surface area contributed by atoms with E-state index >= 15 is 0 Å². The number of hydrogen-bond donors (Lipinski definition) is 2. The minimum absolute atomic E-state index is 0.0347. The number of nitrogens with two attached hydrogens (primary N) is 1. The van der Waals surface area contributed by atoms with Gasteiger partial charge in [-0.3, -0.25) is 4.21 Å².